The smallest absolute Gasteiger partial charge is 0.225 e. The number of carbonyl (C=O) groups excluding carboxylic acids is 1. The Kier molecular flexibility index (Phi) is 11.2. The van der Waals surface area contributed by atoms with Gasteiger partial charge in [-0.2, -0.15) is 0 Å². The van der Waals surface area contributed by atoms with Crippen LogP contribution in [0.3, 0.4) is 0 Å². The Bertz CT molecular complexity index is 1090. The monoisotopic (exact) mass is 566 g/mol. The highest BCUT2D eigenvalue weighted by atomic mass is 16.7. The first-order valence-electron chi connectivity index (χ1n) is 15.3. The number of rotatable bonds is 14. The molecule has 1 N–H and O–H groups in total. The SMILES string of the molecule is COC(CN(CC1(C)CCCC1)C(=O)CCOCCc1ccc(O)c(C2(c3ccccc3)CCN(C)CC2)c1)OC. The Labute approximate surface area is 246 Å². The molecule has 1 amide bonds. The molecule has 1 saturated carbocycles. The third kappa shape index (κ3) is 8.10. The van der Waals surface area contributed by atoms with Crippen LogP contribution in [0.1, 0.15) is 68.6 Å². The van der Waals surface area contributed by atoms with Crippen molar-refractivity contribution < 1.29 is 24.1 Å². The van der Waals surface area contributed by atoms with Crippen LogP contribution in [0.5, 0.6) is 5.75 Å². The summed E-state index contributed by atoms with van der Waals surface area (Å²) in [6, 6.07) is 16.6. The number of amides is 1. The van der Waals surface area contributed by atoms with E-state index in [0.29, 0.717) is 31.9 Å². The fourth-order valence-corrected chi connectivity index (χ4v) is 6.73. The Balaban J connectivity index is 1.35. The largest absolute Gasteiger partial charge is 0.508 e. The average molecular weight is 567 g/mol. The topological polar surface area (TPSA) is 71.5 Å². The molecule has 7 nitrogen and oxygen atoms in total. The molecule has 1 heterocycles. The number of piperidine rings is 1. The third-order valence-corrected chi connectivity index (χ3v) is 9.37. The molecule has 0 unspecified atom stereocenters. The van der Waals surface area contributed by atoms with Crippen LogP contribution in [0, 0.1) is 5.41 Å². The highest BCUT2D eigenvalue weighted by Crippen LogP contribution is 2.45. The lowest BCUT2D eigenvalue weighted by Crippen LogP contribution is -2.44. The number of phenolic OH excluding ortho intramolecular Hbond substituents is 1. The number of benzene rings is 2. The summed E-state index contributed by atoms with van der Waals surface area (Å²) in [4.78, 5) is 17.5. The number of phenols is 1. The van der Waals surface area contributed by atoms with Gasteiger partial charge in [-0.3, -0.25) is 4.79 Å². The van der Waals surface area contributed by atoms with Crippen LogP contribution >= 0.6 is 0 Å². The molecule has 226 valence electrons. The number of aromatic hydroxyl groups is 1. The van der Waals surface area contributed by atoms with Gasteiger partial charge in [0, 0.05) is 31.7 Å². The van der Waals surface area contributed by atoms with Crippen LogP contribution in [0.4, 0.5) is 0 Å². The molecule has 4 rings (SSSR count). The van der Waals surface area contributed by atoms with Crippen LogP contribution in [0.15, 0.2) is 48.5 Å². The summed E-state index contributed by atoms with van der Waals surface area (Å²) in [7, 11) is 5.38. The number of nitrogens with zero attached hydrogens (tertiary/aromatic N) is 2. The molecule has 1 saturated heterocycles. The zero-order valence-corrected chi connectivity index (χ0v) is 25.6. The van der Waals surface area contributed by atoms with Crippen LogP contribution < -0.4 is 0 Å². The lowest BCUT2D eigenvalue weighted by Gasteiger charge is -2.42. The highest BCUT2D eigenvalue weighted by molar-refractivity contribution is 5.76. The number of carbonyl (C=O) groups is 1. The van der Waals surface area contributed by atoms with Crippen LogP contribution in [0.2, 0.25) is 0 Å². The molecule has 1 aliphatic heterocycles. The van der Waals surface area contributed by atoms with E-state index in [1.54, 1.807) is 14.2 Å². The molecule has 2 aromatic carbocycles. The Morgan fingerprint density at radius 2 is 1.68 bits per heavy atom. The predicted octanol–water partition coefficient (Wildman–Crippen LogP) is 5.38. The second-order valence-corrected chi connectivity index (χ2v) is 12.4. The normalized spacial score (nSPS) is 18.6. The van der Waals surface area contributed by atoms with Crippen molar-refractivity contribution in [2.75, 3.05) is 60.7 Å². The number of hydrogen-bond acceptors (Lipinski definition) is 6. The molecular weight excluding hydrogens is 516 g/mol. The number of likely N-dealkylation sites (tertiary alicyclic amines) is 1. The molecule has 2 fully saturated rings. The summed E-state index contributed by atoms with van der Waals surface area (Å²) in [6.07, 6.45) is 7.30. The predicted molar refractivity (Wildman–Crippen MR) is 162 cm³/mol. The fourth-order valence-electron chi connectivity index (χ4n) is 6.73. The quantitative estimate of drug-likeness (QED) is 0.245. The van der Waals surface area contributed by atoms with Gasteiger partial charge in [-0.05, 0) is 74.8 Å². The van der Waals surface area contributed by atoms with Gasteiger partial charge in [0.2, 0.25) is 5.91 Å². The van der Waals surface area contributed by atoms with Crippen molar-refractivity contribution in [1.29, 1.82) is 0 Å². The molecule has 0 bridgehead atoms. The number of hydrogen-bond donors (Lipinski definition) is 1. The summed E-state index contributed by atoms with van der Waals surface area (Å²) in [6.45, 7) is 6.31. The van der Waals surface area contributed by atoms with Gasteiger partial charge in [-0.25, -0.2) is 0 Å². The van der Waals surface area contributed by atoms with E-state index in [9.17, 15) is 9.90 Å². The molecule has 41 heavy (non-hydrogen) atoms. The maximum absolute atomic E-state index is 13.2. The minimum absolute atomic E-state index is 0.0798. The van der Waals surface area contributed by atoms with E-state index in [-0.39, 0.29) is 16.7 Å². The van der Waals surface area contributed by atoms with Crippen LogP contribution in [0.25, 0.3) is 0 Å². The van der Waals surface area contributed by atoms with Crippen molar-refractivity contribution in [3.63, 3.8) is 0 Å². The van der Waals surface area contributed by atoms with E-state index >= 15 is 0 Å². The van der Waals surface area contributed by atoms with E-state index in [4.69, 9.17) is 14.2 Å². The van der Waals surface area contributed by atoms with Crippen molar-refractivity contribution in [1.82, 2.24) is 9.80 Å². The standard InChI is InChI=1S/C34H50N2O5/c1-33(16-8-9-17-33)26-36(25-32(39-3)40-4)31(38)15-23-41-22-14-27-12-13-30(37)29(24-27)34(18-20-35(2)21-19-34)28-10-6-5-7-11-28/h5-7,10-13,24,32,37H,8-9,14-23,25-26H2,1-4H3. The maximum Gasteiger partial charge on any atom is 0.225 e. The zero-order chi connectivity index (χ0) is 29.3. The van der Waals surface area contributed by atoms with E-state index in [0.717, 1.165) is 62.9 Å². The van der Waals surface area contributed by atoms with Crippen molar-refractivity contribution in [3.05, 3.63) is 65.2 Å². The molecular formula is C34H50N2O5. The summed E-state index contributed by atoms with van der Waals surface area (Å²) < 4.78 is 16.8. The first-order valence-corrected chi connectivity index (χ1v) is 15.3. The van der Waals surface area contributed by atoms with Crippen molar-refractivity contribution in [2.45, 2.75) is 70.0 Å². The first-order chi connectivity index (χ1) is 19.8. The van der Waals surface area contributed by atoms with Crippen LogP contribution in [-0.2, 0) is 30.8 Å². The summed E-state index contributed by atoms with van der Waals surface area (Å²) in [5.41, 5.74) is 3.35. The number of ether oxygens (including phenoxy) is 3. The Morgan fingerprint density at radius 1 is 1.00 bits per heavy atom. The molecule has 2 aromatic rings. The molecule has 0 radical (unpaired) electrons. The van der Waals surface area contributed by atoms with Gasteiger partial charge in [0.15, 0.2) is 6.29 Å². The molecule has 2 aliphatic rings. The summed E-state index contributed by atoms with van der Waals surface area (Å²) >= 11 is 0. The van der Waals surface area contributed by atoms with Crippen molar-refractivity contribution >= 4 is 5.91 Å². The van der Waals surface area contributed by atoms with Gasteiger partial charge in [0.05, 0.1) is 26.2 Å². The highest BCUT2D eigenvalue weighted by Gasteiger charge is 2.39. The molecule has 0 spiro atoms. The minimum Gasteiger partial charge on any atom is -0.508 e. The van der Waals surface area contributed by atoms with Crippen LogP contribution in [-0.4, -0.2) is 87.8 Å². The Hall–Kier alpha value is -2.45. The second-order valence-electron chi connectivity index (χ2n) is 12.4. The average Bonchev–Trinajstić information content (AvgIpc) is 3.42. The fraction of sp³-hybridized carbons (Fsp3) is 0.618. The van der Waals surface area contributed by atoms with Gasteiger partial charge < -0.3 is 29.1 Å². The van der Waals surface area contributed by atoms with Crippen molar-refractivity contribution in [2.24, 2.45) is 5.41 Å². The third-order valence-electron chi connectivity index (χ3n) is 9.37. The molecule has 0 atom stereocenters. The summed E-state index contributed by atoms with van der Waals surface area (Å²) in [5.74, 6) is 0.436. The van der Waals surface area contributed by atoms with Gasteiger partial charge in [-0.15, -0.1) is 0 Å². The summed E-state index contributed by atoms with van der Waals surface area (Å²) in [5, 5.41) is 11.0. The van der Waals surface area contributed by atoms with E-state index in [1.165, 1.54) is 18.4 Å². The van der Waals surface area contributed by atoms with E-state index < -0.39 is 6.29 Å². The molecule has 0 aromatic heterocycles. The lowest BCUT2D eigenvalue weighted by atomic mass is 9.67. The first kappa shape index (κ1) is 31.5. The van der Waals surface area contributed by atoms with Gasteiger partial charge in [0.1, 0.15) is 5.75 Å². The van der Waals surface area contributed by atoms with E-state index in [2.05, 4.69) is 49.2 Å². The van der Waals surface area contributed by atoms with Gasteiger partial charge in [0.25, 0.3) is 0 Å². The minimum atomic E-state index is -0.433. The number of methoxy groups -OCH3 is 2. The maximum atomic E-state index is 13.2. The lowest BCUT2D eigenvalue weighted by molar-refractivity contribution is -0.148. The molecule has 1 aliphatic carbocycles. The van der Waals surface area contributed by atoms with Gasteiger partial charge in [-0.1, -0.05) is 62.2 Å². The Morgan fingerprint density at radius 3 is 2.34 bits per heavy atom. The van der Waals surface area contributed by atoms with Crippen molar-refractivity contribution in [3.8, 4) is 5.75 Å². The molecule has 7 heteroatoms. The van der Waals surface area contributed by atoms with E-state index in [1.807, 2.05) is 23.1 Å². The zero-order valence-electron chi connectivity index (χ0n) is 25.6. The van der Waals surface area contributed by atoms with Gasteiger partial charge >= 0.3 is 0 Å². The second kappa shape index (κ2) is 14.6.